The van der Waals surface area contributed by atoms with Crippen LogP contribution in [0.2, 0.25) is 0 Å². The fourth-order valence-electron chi connectivity index (χ4n) is 1.64. The van der Waals surface area contributed by atoms with E-state index in [0.29, 0.717) is 18.5 Å². The Morgan fingerprint density at radius 2 is 2.17 bits per heavy atom. The summed E-state index contributed by atoms with van der Waals surface area (Å²) in [6.45, 7) is 4.31. The first-order valence-electron chi connectivity index (χ1n) is 5.95. The van der Waals surface area contributed by atoms with Crippen molar-refractivity contribution in [3.8, 4) is 0 Å². The highest BCUT2D eigenvalue weighted by molar-refractivity contribution is 5.95. The molecular weight excluding hydrogens is 234 g/mol. The second-order valence-electron chi connectivity index (χ2n) is 4.51. The van der Waals surface area contributed by atoms with Gasteiger partial charge < -0.3 is 10.4 Å². The van der Waals surface area contributed by atoms with E-state index in [2.05, 4.69) is 10.4 Å². The van der Waals surface area contributed by atoms with Crippen LogP contribution in [-0.2, 0) is 11.8 Å². The van der Waals surface area contributed by atoms with Crippen molar-refractivity contribution in [2.24, 2.45) is 7.05 Å². The summed E-state index contributed by atoms with van der Waals surface area (Å²) in [5.74, 6) is -0.878. The molecule has 6 nitrogen and oxygen atoms in total. The summed E-state index contributed by atoms with van der Waals surface area (Å²) in [4.78, 5) is 22.3. The minimum atomic E-state index is -0.853. The smallest absolute Gasteiger partial charge is 0.303 e. The van der Waals surface area contributed by atoms with Crippen LogP contribution in [0.1, 0.15) is 48.7 Å². The molecule has 1 heterocycles. The van der Waals surface area contributed by atoms with Gasteiger partial charge in [0.2, 0.25) is 0 Å². The van der Waals surface area contributed by atoms with Crippen LogP contribution in [0, 0.1) is 0 Å². The van der Waals surface area contributed by atoms with Crippen molar-refractivity contribution >= 4 is 11.9 Å². The third-order valence-corrected chi connectivity index (χ3v) is 2.50. The quantitative estimate of drug-likeness (QED) is 0.744. The van der Waals surface area contributed by atoms with E-state index in [1.54, 1.807) is 17.9 Å². The van der Waals surface area contributed by atoms with Crippen molar-refractivity contribution < 1.29 is 14.7 Å². The highest BCUT2D eigenvalue weighted by Crippen LogP contribution is 2.16. The van der Waals surface area contributed by atoms with E-state index in [0.717, 1.165) is 5.69 Å². The molecule has 18 heavy (non-hydrogen) atoms. The summed E-state index contributed by atoms with van der Waals surface area (Å²) in [6, 6.07) is 0. The van der Waals surface area contributed by atoms with E-state index in [-0.39, 0.29) is 18.2 Å². The van der Waals surface area contributed by atoms with Gasteiger partial charge in [-0.15, -0.1) is 0 Å². The molecule has 1 aromatic heterocycles. The number of hydrogen-bond acceptors (Lipinski definition) is 3. The lowest BCUT2D eigenvalue weighted by Gasteiger charge is -2.06. The van der Waals surface area contributed by atoms with Gasteiger partial charge in [-0.25, -0.2) is 0 Å². The van der Waals surface area contributed by atoms with Crippen LogP contribution in [0.4, 0.5) is 0 Å². The fraction of sp³-hybridized carbons (Fsp3) is 0.583. The van der Waals surface area contributed by atoms with Crippen molar-refractivity contribution in [1.29, 1.82) is 0 Å². The lowest BCUT2D eigenvalue weighted by molar-refractivity contribution is -0.137. The van der Waals surface area contributed by atoms with Gasteiger partial charge in [0.15, 0.2) is 0 Å². The second kappa shape index (κ2) is 6.18. The van der Waals surface area contributed by atoms with Gasteiger partial charge in [-0.3, -0.25) is 14.3 Å². The minimum absolute atomic E-state index is 0.0599. The van der Waals surface area contributed by atoms with Gasteiger partial charge in [0, 0.05) is 26.2 Å². The summed E-state index contributed by atoms with van der Waals surface area (Å²) < 4.78 is 1.61. The molecule has 0 saturated heterocycles. The first-order valence-corrected chi connectivity index (χ1v) is 5.95. The summed E-state index contributed by atoms with van der Waals surface area (Å²) in [5, 5.41) is 15.4. The van der Waals surface area contributed by atoms with Crippen LogP contribution in [0.15, 0.2) is 6.20 Å². The Morgan fingerprint density at radius 1 is 1.50 bits per heavy atom. The molecule has 0 aliphatic heterocycles. The molecule has 0 bridgehead atoms. The van der Waals surface area contributed by atoms with E-state index < -0.39 is 5.97 Å². The zero-order valence-electron chi connectivity index (χ0n) is 10.9. The van der Waals surface area contributed by atoms with Gasteiger partial charge in [-0.2, -0.15) is 5.10 Å². The van der Waals surface area contributed by atoms with Crippen molar-refractivity contribution in [1.82, 2.24) is 15.1 Å². The molecular formula is C12H19N3O3. The second-order valence-corrected chi connectivity index (χ2v) is 4.51. The molecule has 0 unspecified atom stereocenters. The van der Waals surface area contributed by atoms with E-state index in [9.17, 15) is 9.59 Å². The highest BCUT2D eigenvalue weighted by Gasteiger charge is 2.17. The summed E-state index contributed by atoms with van der Waals surface area (Å²) in [5.41, 5.74) is 1.32. The van der Waals surface area contributed by atoms with E-state index >= 15 is 0 Å². The number of aromatic nitrogens is 2. The molecule has 0 spiro atoms. The molecule has 0 aliphatic rings. The largest absolute Gasteiger partial charge is 0.481 e. The first-order chi connectivity index (χ1) is 8.41. The van der Waals surface area contributed by atoms with E-state index in [1.807, 2.05) is 13.8 Å². The van der Waals surface area contributed by atoms with Crippen LogP contribution in [0.5, 0.6) is 0 Å². The van der Waals surface area contributed by atoms with Crippen molar-refractivity contribution in [3.05, 3.63) is 17.5 Å². The molecule has 0 fully saturated rings. The minimum Gasteiger partial charge on any atom is -0.481 e. The van der Waals surface area contributed by atoms with Crippen molar-refractivity contribution in [2.75, 3.05) is 6.54 Å². The zero-order valence-corrected chi connectivity index (χ0v) is 10.9. The van der Waals surface area contributed by atoms with Crippen LogP contribution >= 0.6 is 0 Å². The number of rotatable bonds is 6. The van der Waals surface area contributed by atoms with Gasteiger partial charge in [0.05, 0.1) is 11.3 Å². The summed E-state index contributed by atoms with van der Waals surface area (Å²) in [6.07, 6.45) is 2.17. The average molecular weight is 253 g/mol. The van der Waals surface area contributed by atoms with Gasteiger partial charge in [-0.05, 0) is 12.3 Å². The Hall–Kier alpha value is -1.85. The van der Waals surface area contributed by atoms with Crippen LogP contribution in [0.25, 0.3) is 0 Å². The van der Waals surface area contributed by atoms with Crippen molar-refractivity contribution in [2.45, 2.75) is 32.6 Å². The van der Waals surface area contributed by atoms with Crippen LogP contribution < -0.4 is 5.32 Å². The number of aliphatic carboxylic acids is 1. The van der Waals surface area contributed by atoms with Crippen LogP contribution in [0.3, 0.4) is 0 Å². The lowest BCUT2D eigenvalue weighted by atomic mass is 10.1. The van der Waals surface area contributed by atoms with Gasteiger partial charge in [0.1, 0.15) is 0 Å². The number of amides is 1. The summed E-state index contributed by atoms with van der Waals surface area (Å²) in [7, 11) is 1.77. The molecule has 1 aromatic rings. The number of aryl methyl sites for hydroxylation is 1. The Balaban J connectivity index is 2.58. The van der Waals surface area contributed by atoms with Gasteiger partial charge in [-0.1, -0.05) is 13.8 Å². The standard InChI is InChI=1S/C12H19N3O3/c1-8(2)11-9(7-15(3)14-11)12(18)13-6-4-5-10(16)17/h7-8H,4-6H2,1-3H3,(H,13,18)(H,16,17). The number of nitrogens with zero attached hydrogens (tertiary/aromatic N) is 2. The van der Waals surface area contributed by atoms with Crippen LogP contribution in [-0.4, -0.2) is 33.3 Å². The molecule has 1 amide bonds. The Bertz CT molecular complexity index is 438. The zero-order chi connectivity index (χ0) is 13.7. The average Bonchev–Trinajstić information content (AvgIpc) is 2.66. The topological polar surface area (TPSA) is 84.2 Å². The molecule has 0 aliphatic carbocycles. The molecule has 0 aromatic carbocycles. The predicted molar refractivity (Wildman–Crippen MR) is 66.5 cm³/mol. The fourth-order valence-corrected chi connectivity index (χ4v) is 1.64. The predicted octanol–water partition coefficient (Wildman–Crippen LogP) is 1.14. The Kier molecular flexibility index (Phi) is 4.88. The first kappa shape index (κ1) is 14.2. The molecule has 6 heteroatoms. The molecule has 0 radical (unpaired) electrons. The number of carbonyl (C=O) groups excluding carboxylic acids is 1. The monoisotopic (exact) mass is 253 g/mol. The normalized spacial score (nSPS) is 10.7. The molecule has 100 valence electrons. The number of nitrogens with one attached hydrogen (secondary N) is 1. The third kappa shape index (κ3) is 3.87. The maximum Gasteiger partial charge on any atom is 0.303 e. The number of carboxylic acids is 1. The van der Waals surface area contributed by atoms with E-state index in [4.69, 9.17) is 5.11 Å². The molecule has 2 N–H and O–H groups in total. The number of carboxylic acid groups (broad SMARTS) is 1. The number of carbonyl (C=O) groups is 2. The lowest BCUT2D eigenvalue weighted by Crippen LogP contribution is -2.25. The maximum absolute atomic E-state index is 11.9. The Morgan fingerprint density at radius 3 is 2.72 bits per heavy atom. The molecule has 0 atom stereocenters. The Labute approximate surface area is 106 Å². The van der Waals surface area contributed by atoms with E-state index in [1.165, 1.54) is 0 Å². The van der Waals surface area contributed by atoms with Gasteiger partial charge >= 0.3 is 5.97 Å². The summed E-state index contributed by atoms with van der Waals surface area (Å²) >= 11 is 0. The highest BCUT2D eigenvalue weighted by atomic mass is 16.4. The number of hydrogen-bond donors (Lipinski definition) is 2. The molecule has 0 saturated carbocycles. The third-order valence-electron chi connectivity index (χ3n) is 2.50. The van der Waals surface area contributed by atoms with Crippen molar-refractivity contribution in [3.63, 3.8) is 0 Å². The van der Waals surface area contributed by atoms with Gasteiger partial charge in [0.25, 0.3) is 5.91 Å². The SMILES string of the molecule is CC(C)c1nn(C)cc1C(=O)NCCCC(=O)O. The molecule has 1 rings (SSSR count). The maximum atomic E-state index is 11.9.